The van der Waals surface area contributed by atoms with Gasteiger partial charge in [-0.1, -0.05) is 103 Å². The number of hydrogen-bond donors (Lipinski definition) is 0. The summed E-state index contributed by atoms with van der Waals surface area (Å²) in [6.45, 7) is 0. The van der Waals surface area contributed by atoms with E-state index in [4.69, 9.17) is 12.2 Å². The normalized spacial score (nSPS) is 16.4. The molecule has 26 heavy (non-hydrogen) atoms. The summed E-state index contributed by atoms with van der Waals surface area (Å²) in [6, 6.07) is 29.6. The van der Waals surface area contributed by atoms with Gasteiger partial charge in [0.25, 0.3) is 0 Å². The average molecular weight is 371 g/mol. The van der Waals surface area contributed by atoms with Gasteiger partial charge in [-0.05, 0) is 41.0 Å². The molecule has 0 aliphatic heterocycles. The third-order valence-electron chi connectivity index (χ3n) is 4.42. The van der Waals surface area contributed by atoms with Gasteiger partial charge < -0.3 is 0 Å². The molecule has 2 heteroatoms. The molecule has 1 unspecified atom stereocenters. The van der Waals surface area contributed by atoms with Gasteiger partial charge in [-0.2, -0.15) is 0 Å². The second-order valence-corrected chi connectivity index (χ2v) is 7.74. The number of hydrogen-bond acceptors (Lipinski definition) is 2. The van der Waals surface area contributed by atoms with Crippen molar-refractivity contribution in [2.24, 2.45) is 0 Å². The highest BCUT2D eigenvalue weighted by atomic mass is 32.2. The van der Waals surface area contributed by atoms with Gasteiger partial charge >= 0.3 is 0 Å². The highest BCUT2D eigenvalue weighted by molar-refractivity contribution is 7.99. The Bertz CT molecular complexity index is 952. The van der Waals surface area contributed by atoms with E-state index in [1.54, 1.807) is 11.8 Å². The molecule has 1 aliphatic rings. The van der Waals surface area contributed by atoms with Gasteiger partial charge in [-0.25, -0.2) is 0 Å². The van der Waals surface area contributed by atoms with Crippen molar-refractivity contribution in [1.29, 1.82) is 0 Å². The van der Waals surface area contributed by atoms with E-state index in [0.29, 0.717) is 0 Å². The first-order valence-electron chi connectivity index (χ1n) is 8.62. The monoisotopic (exact) mass is 370 g/mol. The molecule has 0 saturated heterocycles. The fourth-order valence-corrected chi connectivity index (χ4v) is 4.33. The van der Waals surface area contributed by atoms with Crippen LogP contribution in [0.25, 0.3) is 5.57 Å². The predicted molar refractivity (Wildman–Crippen MR) is 116 cm³/mol. The molecule has 0 bridgehead atoms. The molecule has 0 radical (unpaired) electrons. The van der Waals surface area contributed by atoms with Gasteiger partial charge in [0.2, 0.25) is 0 Å². The van der Waals surface area contributed by atoms with E-state index in [-0.39, 0.29) is 5.92 Å². The zero-order chi connectivity index (χ0) is 17.8. The lowest BCUT2D eigenvalue weighted by atomic mass is 9.85. The van der Waals surface area contributed by atoms with Crippen molar-refractivity contribution in [1.82, 2.24) is 0 Å². The van der Waals surface area contributed by atoms with E-state index in [9.17, 15) is 0 Å². The summed E-state index contributed by atoms with van der Waals surface area (Å²) < 4.78 is 0. The summed E-state index contributed by atoms with van der Waals surface area (Å²) in [5.74, 6) is 0.171. The van der Waals surface area contributed by atoms with Gasteiger partial charge in [-0.15, -0.1) is 0 Å². The molecule has 0 aromatic heterocycles. The van der Waals surface area contributed by atoms with Crippen molar-refractivity contribution in [2.75, 3.05) is 0 Å². The molecule has 0 N–H and O–H groups in total. The van der Waals surface area contributed by atoms with Crippen LogP contribution in [0, 0.1) is 0 Å². The molecule has 0 fully saturated rings. The fourth-order valence-electron chi connectivity index (χ4n) is 3.09. The van der Waals surface area contributed by atoms with Gasteiger partial charge in [0.05, 0.1) is 0 Å². The summed E-state index contributed by atoms with van der Waals surface area (Å²) in [7, 11) is 0. The van der Waals surface area contributed by atoms with Crippen molar-refractivity contribution < 1.29 is 0 Å². The number of benzene rings is 3. The Morgan fingerprint density at radius 2 is 1.31 bits per heavy atom. The highest BCUT2D eigenvalue weighted by Crippen LogP contribution is 2.33. The number of allylic oxidation sites excluding steroid dienone is 4. The minimum atomic E-state index is 0.171. The quantitative estimate of drug-likeness (QED) is 0.456. The van der Waals surface area contributed by atoms with Crippen LogP contribution < -0.4 is 0 Å². The predicted octanol–water partition coefficient (Wildman–Crippen LogP) is 6.94. The smallest absolute Gasteiger partial charge is 0.0381 e. The summed E-state index contributed by atoms with van der Waals surface area (Å²) >= 11 is 7.60. The maximum atomic E-state index is 5.83. The van der Waals surface area contributed by atoms with E-state index in [0.717, 1.165) is 10.4 Å². The van der Waals surface area contributed by atoms with Crippen molar-refractivity contribution in [3.63, 3.8) is 0 Å². The molecule has 0 heterocycles. The van der Waals surface area contributed by atoms with Crippen LogP contribution in [-0.4, -0.2) is 4.86 Å². The lowest BCUT2D eigenvalue weighted by Gasteiger charge is -2.21. The third kappa shape index (κ3) is 3.72. The van der Waals surface area contributed by atoms with Crippen molar-refractivity contribution in [2.45, 2.75) is 15.7 Å². The molecule has 0 spiro atoms. The fraction of sp³-hybridized carbons (Fsp3) is 0.0417. The van der Waals surface area contributed by atoms with Crippen LogP contribution in [0.2, 0.25) is 0 Å². The molecule has 0 saturated carbocycles. The molecule has 4 rings (SSSR count). The topological polar surface area (TPSA) is 0 Å². The maximum Gasteiger partial charge on any atom is 0.0381 e. The lowest BCUT2D eigenvalue weighted by molar-refractivity contribution is 1.16. The molecule has 1 aliphatic carbocycles. The zero-order valence-corrected chi connectivity index (χ0v) is 15.8. The van der Waals surface area contributed by atoms with Crippen molar-refractivity contribution in [3.05, 3.63) is 114 Å². The van der Waals surface area contributed by atoms with Crippen LogP contribution in [-0.2, 0) is 0 Å². The van der Waals surface area contributed by atoms with Crippen LogP contribution in [0.15, 0.2) is 113 Å². The molecular weight excluding hydrogens is 352 g/mol. The molecule has 0 nitrogen and oxygen atoms in total. The van der Waals surface area contributed by atoms with Gasteiger partial charge in [0, 0.05) is 20.6 Å². The molecular formula is C24H18S2. The van der Waals surface area contributed by atoms with Crippen LogP contribution in [0.1, 0.15) is 17.0 Å². The zero-order valence-electron chi connectivity index (χ0n) is 14.2. The Morgan fingerprint density at radius 1 is 0.692 bits per heavy atom. The largest absolute Gasteiger partial charge is 0.0901 e. The molecule has 126 valence electrons. The van der Waals surface area contributed by atoms with Crippen molar-refractivity contribution >= 4 is 34.4 Å². The first kappa shape index (κ1) is 17.0. The highest BCUT2D eigenvalue weighted by Gasteiger charge is 2.20. The summed E-state index contributed by atoms with van der Waals surface area (Å²) in [5.41, 5.74) is 3.57. The van der Waals surface area contributed by atoms with E-state index < -0.39 is 0 Å². The van der Waals surface area contributed by atoms with E-state index in [1.165, 1.54) is 20.9 Å². The Balaban J connectivity index is 1.55. The second kappa shape index (κ2) is 7.86. The minimum absolute atomic E-state index is 0.171. The summed E-state index contributed by atoms with van der Waals surface area (Å²) in [5, 5.41) is 0. The van der Waals surface area contributed by atoms with Gasteiger partial charge in [-0.3, -0.25) is 0 Å². The van der Waals surface area contributed by atoms with E-state index in [1.807, 2.05) is 12.1 Å². The second-order valence-electron chi connectivity index (χ2n) is 6.16. The lowest BCUT2D eigenvalue weighted by Crippen LogP contribution is -2.12. The van der Waals surface area contributed by atoms with Crippen LogP contribution >= 0.6 is 24.0 Å². The Labute approximate surface area is 164 Å². The van der Waals surface area contributed by atoms with E-state index in [2.05, 4.69) is 91.0 Å². The molecule has 3 aromatic carbocycles. The summed E-state index contributed by atoms with van der Waals surface area (Å²) in [6.07, 6.45) is 6.43. The van der Waals surface area contributed by atoms with E-state index >= 15 is 0 Å². The minimum Gasteiger partial charge on any atom is -0.0901 e. The Morgan fingerprint density at radius 3 is 2.00 bits per heavy atom. The maximum absolute atomic E-state index is 5.83. The third-order valence-corrected chi connectivity index (χ3v) is 5.91. The molecule has 3 aromatic rings. The van der Waals surface area contributed by atoms with Gasteiger partial charge in [0.15, 0.2) is 0 Å². The number of thiocarbonyl (C=S) groups is 1. The van der Waals surface area contributed by atoms with Crippen LogP contribution in [0.3, 0.4) is 0 Å². The number of rotatable bonds is 4. The van der Waals surface area contributed by atoms with Crippen LogP contribution in [0.4, 0.5) is 0 Å². The first-order valence-corrected chi connectivity index (χ1v) is 9.85. The van der Waals surface area contributed by atoms with Crippen LogP contribution in [0.5, 0.6) is 0 Å². The molecule has 0 amide bonds. The standard InChI is InChI=1S/C24H18S2/c25-24-22(18-8-3-1-4-9-18)12-7-13-23(24)19-14-16-21(17-15-19)26-20-10-5-2-6-11-20/h1-17,22H. The first-order chi connectivity index (χ1) is 12.8. The van der Waals surface area contributed by atoms with Gasteiger partial charge in [0.1, 0.15) is 0 Å². The van der Waals surface area contributed by atoms with Crippen molar-refractivity contribution in [3.8, 4) is 0 Å². The molecule has 1 atom stereocenters. The SMILES string of the molecule is S=C1C(c2ccc(Sc3ccccc3)cc2)=CC=CC1c1ccccc1. The Hall–Kier alpha value is -2.42. The Kier molecular flexibility index (Phi) is 5.14. The summed E-state index contributed by atoms with van der Waals surface area (Å²) in [4.78, 5) is 3.47. The average Bonchev–Trinajstić information content (AvgIpc) is 2.70.